The number of rotatable bonds is 5. The predicted octanol–water partition coefficient (Wildman–Crippen LogP) is 1.23. The summed E-state index contributed by atoms with van der Waals surface area (Å²) in [4.78, 5) is 0.307. The van der Waals surface area contributed by atoms with E-state index in [1.807, 2.05) is 19.9 Å². The molecule has 0 unspecified atom stereocenters. The van der Waals surface area contributed by atoms with Crippen LogP contribution in [0.4, 0.5) is 0 Å². The molecule has 1 aromatic rings. The van der Waals surface area contributed by atoms with Crippen LogP contribution in [0.2, 0.25) is 0 Å². The SMILES string of the molecule is COCCNS(=O)(=O)c1cc(C)cc(C)c1. The molecule has 0 atom stereocenters. The van der Waals surface area contributed by atoms with Crippen molar-refractivity contribution >= 4 is 10.0 Å². The molecule has 4 nitrogen and oxygen atoms in total. The van der Waals surface area contributed by atoms with Gasteiger partial charge in [0.2, 0.25) is 10.0 Å². The number of sulfonamides is 1. The lowest BCUT2D eigenvalue weighted by atomic mass is 10.2. The highest BCUT2D eigenvalue weighted by Gasteiger charge is 2.13. The van der Waals surface area contributed by atoms with Crippen molar-refractivity contribution in [2.24, 2.45) is 0 Å². The van der Waals surface area contributed by atoms with E-state index in [1.165, 1.54) is 7.11 Å². The van der Waals surface area contributed by atoms with Crippen LogP contribution in [0.3, 0.4) is 0 Å². The Morgan fingerprint density at radius 2 is 1.75 bits per heavy atom. The molecule has 0 amide bonds. The predicted molar refractivity (Wildman–Crippen MR) is 63.0 cm³/mol. The van der Waals surface area contributed by atoms with Crippen LogP contribution in [0.5, 0.6) is 0 Å². The van der Waals surface area contributed by atoms with Crippen LogP contribution >= 0.6 is 0 Å². The molecule has 0 fully saturated rings. The molecule has 0 aliphatic heterocycles. The summed E-state index contributed by atoms with van der Waals surface area (Å²) in [5, 5.41) is 0. The van der Waals surface area contributed by atoms with E-state index in [-0.39, 0.29) is 6.54 Å². The van der Waals surface area contributed by atoms with Gasteiger partial charge in [0.1, 0.15) is 0 Å². The third kappa shape index (κ3) is 3.59. The zero-order chi connectivity index (χ0) is 12.2. The van der Waals surface area contributed by atoms with Gasteiger partial charge < -0.3 is 4.74 Å². The van der Waals surface area contributed by atoms with Crippen LogP contribution < -0.4 is 4.72 Å². The second kappa shape index (κ2) is 5.43. The fourth-order valence-electron chi connectivity index (χ4n) is 1.45. The van der Waals surface area contributed by atoms with E-state index in [0.29, 0.717) is 11.5 Å². The molecule has 1 aromatic carbocycles. The molecule has 1 rings (SSSR count). The number of hydrogen-bond donors (Lipinski definition) is 1. The molecular formula is C11H17NO3S. The molecule has 90 valence electrons. The minimum Gasteiger partial charge on any atom is -0.383 e. The summed E-state index contributed by atoms with van der Waals surface area (Å²) in [6.07, 6.45) is 0. The Labute approximate surface area is 96.7 Å². The molecular weight excluding hydrogens is 226 g/mol. The van der Waals surface area contributed by atoms with Crippen molar-refractivity contribution in [3.63, 3.8) is 0 Å². The minimum atomic E-state index is -3.41. The maximum Gasteiger partial charge on any atom is 0.240 e. The number of aryl methyl sites for hydroxylation is 2. The maximum atomic E-state index is 11.8. The highest BCUT2D eigenvalue weighted by molar-refractivity contribution is 7.89. The number of ether oxygens (including phenoxy) is 1. The number of hydrogen-bond acceptors (Lipinski definition) is 3. The normalized spacial score (nSPS) is 11.7. The summed E-state index contributed by atoms with van der Waals surface area (Å²) >= 11 is 0. The molecule has 16 heavy (non-hydrogen) atoms. The molecule has 0 aliphatic rings. The largest absolute Gasteiger partial charge is 0.383 e. The van der Waals surface area contributed by atoms with E-state index in [0.717, 1.165) is 11.1 Å². The van der Waals surface area contributed by atoms with Crippen LogP contribution in [0.15, 0.2) is 23.1 Å². The van der Waals surface area contributed by atoms with Crippen LogP contribution in [0, 0.1) is 13.8 Å². The molecule has 0 heterocycles. The van der Waals surface area contributed by atoms with Crippen LogP contribution in [-0.4, -0.2) is 28.7 Å². The first-order valence-corrected chi connectivity index (χ1v) is 6.51. The van der Waals surface area contributed by atoms with Crippen LogP contribution in [-0.2, 0) is 14.8 Å². The zero-order valence-corrected chi connectivity index (χ0v) is 10.6. The fourth-order valence-corrected chi connectivity index (χ4v) is 2.65. The lowest BCUT2D eigenvalue weighted by molar-refractivity contribution is 0.204. The Morgan fingerprint density at radius 3 is 2.25 bits per heavy atom. The summed E-state index contributed by atoms with van der Waals surface area (Å²) in [6, 6.07) is 5.25. The van der Waals surface area contributed by atoms with Crippen molar-refractivity contribution in [1.82, 2.24) is 4.72 Å². The van der Waals surface area contributed by atoms with Crippen LogP contribution in [0.1, 0.15) is 11.1 Å². The van der Waals surface area contributed by atoms with Gasteiger partial charge in [-0.2, -0.15) is 0 Å². The van der Waals surface area contributed by atoms with Crippen molar-refractivity contribution in [2.45, 2.75) is 18.7 Å². The maximum absolute atomic E-state index is 11.8. The second-order valence-corrected chi connectivity index (χ2v) is 5.48. The van der Waals surface area contributed by atoms with E-state index >= 15 is 0 Å². The molecule has 0 saturated heterocycles. The minimum absolute atomic E-state index is 0.284. The van der Waals surface area contributed by atoms with Gasteiger partial charge in [0.25, 0.3) is 0 Å². The fraction of sp³-hybridized carbons (Fsp3) is 0.455. The Hall–Kier alpha value is -0.910. The Bertz CT molecular complexity index is 434. The Balaban J connectivity index is 2.89. The van der Waals surface area contributed by atoms with E-state index in [1.54, 1.807) is 12.1 Å². The molecule has 0 aliphatic carbocycles. The molecule has 0 bridgehead atoms. The van der Waals surface area contributed by atoms with Crippen molar-refractivity contribution in [1.29, 1.82) is 0 Å². The van der Waals surface area contributed by atoms with E-state index < -0.39 is 10.0 Å². The summed E-state index contributed by atoms with van der Waals surface area (Å²) in [5.41, 5.74) is 1.87. The lowest BCUT2D eigenvalue weighted by Gasteiger charge is -2.08. The Morgan fingerprint density at radius 1 is 1.19 bits per heavy atom. The van der Waals surface area contributed by atoms with E-state index in [9.17, 15) is 8.42 Å². The standard InChI is InChI=1S/C11H17NO3S/c1-9-6-10(2)8-11(7-9)16(13,14)12-4-5-15-3/h6-8,12H,4-5H2,1-3H3. The van der Waals surface area contributed by atoms with Crippen molar-refractivity contribution in [2.75, 3.05) is 20.3 Å². The average molecular weight is 243 g/mol. The third-order valence-corrected chi connectivity index (χ3v) is 3.54. The molecule has 0 spiro atoms. The third-order valence-electron chi connectivity index (χ3n) is 2.10. The van der Waals surface area contributed by atoms with Crippen molar-refractivity contribution in [3.05, 3.63) is 29.3 Å². The summed E-state index contributed by atoms with van der Waals surface area (Å²) in [5.74, 6) is 0. The van der Waals surface area contributed by atoms with Gasteiger partial charge in [0, 0.05) is 13.7 Å². The second-order valence-electron chi connectivity index (χ2n) is 3.71. The molecule has 1 N–H and O–H groups in total. The molecule has 5 heteroatoms. The quantitative estimate of drug-likeness (QED) is 0.791. The van der Waals surface area contributed by atoms with Gasteiger partial charge in [-0.15, -0.1) is 0 Å². The summed E-state index contributed by atoms with van der Waals surface area (Å²) < 4.78 is 31.0. The van der Waals surface area contributed by atoms with Crippen molar-refractivity contribution in [3.8, 4) is 0 Å². The number of methoxy groups -OCH3 is 1. The van der Waals surface area contributed by atoms with Gasteiger partial charge >= 0.3 is 0 Å². The molecule has 0 radical (unpaired) electrons. The first-order chi connectivity index (χ1) is 7.45. The van der Waals surface area contributed by atoms with E-state index in [4.69, 9.17) is 4.74 Å². The first kappa shape index (κ1) is 13.2. The molecule has 0 aromatic heterocycles. The highest BCUT2D eigenvalue weighted by Crippen LogP contribution is 2.13. The lowest BCUT2D eigenvalue weighted by Crippen LogP contribution is -2.27. The molecule has 0 saturated carbocycles. The van der Waals surface area contributed by atoms with Crippen LogP contribution in [0.25, 0.3) is 0 Å². The van der Waals surface area contributed by atoms with Gasteiger partial charge in [-0.3, -0.25) is 0 Å². The highest BCUT2D eigenvalue weighted by atomic mass is 32.2. The summed E-state index contributed by atoms with van der Waals surface area (Å²) in [7, 11) is -1.87. The van der Waals surface area contributed by atoms with Gasteiger partial charge in [0.05, 0.1) is 11.5 Å². The first-order valence-electron chi connectivity index (χ1n) is 5.02. The Kier molecular flexibility index (Phi) is 4.46. The topological polar surface area (TPSA) is 55.4 Å². The monoisotopic (exact) mass is 243 g/mol. The smallest absolute Gasteiger partial charge is 0.240 e. The zero-order valence-electron chi connectivity index (χ0n) is 9.78. The van der Waals surface area contributed by atoms with Gasteiger partial charge in [-0.05, 0) is 37.1 Å². The number of benzene rings is 1. The number of nitrogens with one attached hydrogen (secondary N) is 1. The van der Waals surface area contributed by atoms with Gasteiger partial charge in [0.15, 0.2) is 0 Å². The van der Waals surface area contributed by atoms with Crippen molar-refractivity contribution < 1.29 is 13.2 Å². The van der Waals surface area contributed by atoms with Gasteiger partial charge in [-0.1, -0.05) is 6.07 Å². The van der Waals surface area contributed by atoms with E-state index in [2.05, 4.69) is 4.72 Å². The summed E-state index contributed by atoms with van der Waals surface area (Å²) in [6.45, 7) is 4.40. The van der Waals surface area contributed by atoms with Gasteiger partial charge in [-0.25, -0.2) is 13.1 Å². The average Bonchev–Trinajstić information content (AvgIpc) is 2.16.